The second-order valence-corrected chi connectivity index (χ2v) is 4.85. The van der Waals surface area contributed by atoms with Gasteiger partial charge in [0.25, 0.3) is 0 Å². The molecule has 2 aromatic rings. The number of rotatable bonds is 5. The third kappa shape index (κ3) is 5.10. The Bertz CT molecular complexity index is 606. The van der Waals surface area contributed by atoms with Crippen LogP contribution in [0.3, 0.4) is 0 Å². The van der Waals surface area contributed by atoms with E-state index < -0.39 is 0 Å². The summed E-state index contributed by atoms with van der Waals surface area (Å²) >= 11 is 0. The van der Waals surface area contributed by atoms with E-state index in [4.69, 9.17) is 0 Å². The van der Waals surface area contributed by atoms with Crippen molar-refractivity contribution < 1.29 is 9.59 Å². The van der Waals surface area contributed by atoms with Crippen LogP contribution in [0.15, 0.2) is 54.6 Å². The van der Waals surface area contributed by atoms with Crippen LogP contribution >= 0.6 is 0 Å². The fourth-order valence-corrected chi connectivity index (χ4v) is 1.86. The van der Waals surface area contributed by atoms with Crippen molar-refractivity contribution in [3.63, 3.8) is 0 Å². The summed E-state index contributed by atoms with van der Waals surface area (Å²) in [5, 5.41) is 5.33. The minimum Gasteiger partial charge on any atom is -0.347 e. The summed E-state index contributed by atoms with van der Waals surface area (Å²) in [4.78, 5) is 23.5. The Morgan fingerprint density at radius 1 is 0.905 bits per heavy atom. The van der Waals surface area contributed by atoms with E-state index >= 15 is 0 Å². The SMILES string of the molecule is Cc1ccc(CC(=O)NCC(=O)Nc2ccccc2)cc1. The Hall–Kier alpha value is -2.62. The first-order chi connectivity index (χ1) is 10.1. The minimum atomic E-state index is -0.238. The van der Waals surface area contributed by atoms with Gasteiger partial charge in [-0.15, -0.1) is 0 Å². The van der Waals surface area contributed by atoms with Crippen LogP contribution in [0.25, 0.3) is 0 Å². The maximum atomic E-state index is 11.8. The Morgan fingerprint density at radius 3 is 2.24 bits per heavy atom. The molecule has 0 heterocycles. The third-order valence-electron chi connectivity index (χ3n) is 2.99. The molecule has 0 saturated heterocycles. The molecule has 2 aromatic carbocycles. The van der Waals surface area contributed by atoms with Crippen molar-refractivity contribution in [1.29, 1.82) is 0 Å². The van der Waals surface area contributed by atoms with Gasteiger partial charge in [-0.2, -0.15) is 0 Å². The zero-order valence-electron chi connectivity index (χ0n) is 11.9. The molecule has 21 heavy (non-hydrogen) atoms. The van der Waals surface area contributed by atoms with E-state index in [1.807, 2.05) is 49.4 Å². The number of aryl methyl sites for hydroxylation is 1. The van der Waals surface area contributed by atoms with Gasteiger partial charge in [0.1, 0.15) is 0 Å². The Labute approximate surface area is 124 Å². The molecule has 0 spiro atoms. The van der Waals surface area contributed by atoms with Gasteiger partial charge in [-0.1, -0.05) is 48.0 Å². The van der Waals surface area contributed by atoms with Gasteiger partial charge in [0.05, 0.1) is 13.0 Å². The molecule has 0 radical (unpaired) electrons. The average Bonchev–Trinajstić information content (AvgIpc) is 2.49. The van der Waals surface area contributed by atoms with Gasteiger partial charge in [-0.3, -0.25) is 9.59 Å². The van der Waals surface area contributed by atoms with Gasteiger partial charge in [-0.25, -0.2) is 0 Å². The molecule has 0 fully saturated rings. The highest BCUT2D eigenvalue weighted by Gasteiger charge is 2.06. The Kier molecular flexibility index (Phi) is 5.10. The van der Waals surface area contributed by atoms with E-state index in [9.17, 15) is 9.59 Å². The fourth-order valence-electron chi connectivity index (χ4n) is 1.86. The van der Waals surface area contributed by atoms with Gasteiger partial charge in [0.15, 0.2) is 0 Å². The highest BCUT2D eigenvalue weighted by atomic mass is 16.2. The normalized spacial score (nSPS) is 9.95. The quantitative estimate of drug-likeness (QED) is 0.884. The van der Waals surface area contributed by atoms with Crippen molar-refractivity contribution in [2.75, 3.05) is 11.9 Å². The maximum Gasteiger partial charge on any atom is 0.243 e. The number of nitrogens with one attached hydrogen (secondary N) is 2. The molecule has 108 valence electrons. The summed E-state index contributed by atoms with van der Waals surface area (Å²) in [7, 11) is 0. The van der Waals surface area contributed by atoms with Crippen molar-refractivity contribution in [3.05, 3.63) is 65.7 Å². The van der Waals surface area contributed by atoms with Crippen molar-refractivity contribution in [2.24, 2.45) is 0 Å². The molecule has 2 N–H and O–H groups in total. The summed E-state index contributed by atoms with van der Waals surface area (Å²) in [5.74, 6) is -0.402. The third-order valence-corrected chi connectivity index (χ3v) is 2.99. The molecule has 4 nitrogen and oxygen atoms in total. The van der Waals surface area contributed by atoms with Crippen LogP contribution < -0.4 is 10.6 Å². The molecule has 0 saturated carbocycles. The molecule has 0 bridgehead atoms. The molecular formula is C17H18N2O2. The first kappa shape index (κ1) is 14.8. The second kappa shape index (κ2) is 7.24. The summed E-state index contributed by atoms with van der Waals surface area (Å²) < 4.78 is 0. The van der Waals surface area contributed by atoms with Crippen LogP contribution in [0.2, 0.25) is 0 Å². The van der Waals surface area contributed by atoms with Crippen LogP contribution in [0.4, 0.5) is 5.69 Å². The van der Waals surface area contributed by atoms with Crippen LogP contribution in [0.1, 0.15) is 11.1 Å². The number of benzene rings is 2. The predicted octanol–water partition coefficient (Wildman–Crippen LogP) is 2.29. The summed E-state index contributed by atoms with van der Waals surface area (Å²) in [6.07, 6.45) is 0.277. The standard InChI is InChI=1S/C17H18N2O2/c1-13-7-9-14(10-8-13)11-16(20)18-12-17(21)19-15-5-3-2-4-6-15/h2-10H,11-12H2,1H3,(H,18,20)(H,19,21). The molecule has 4 heteroatoms. The lowest BCUT2D eigenvalue weighted by Crippen LogP contribution is -2.33. The molecule has 0 aliphatic rings. The zero-order valence-corrected chi connectivity index (χ0v) is 11.9. The number of hydrogen-bond donors (Lipinski definition) is 2. The molecule has 0 unspecified atom stereocenters. The van der Waals surface area contributed by atoms with Crippen molar-refractivity contribution in [2.45, 2.75) is 13.3 Å². The number of hydrogen-bond acceptors (Lipinski definition) is 2. The number of amides is 2. The van der Waals surface area contributed by atoms with Gasteiger partial charge in [-0.05, 0) is 24.6 Å². The lowest BCUT2D eigenvalue weighted by Gasteiger charge is -2.07. The van der Waals surface area contributed by atoms with Crippen molar-refractivity contribution >= 4 is 17.5 Å². The Morgan fingerprint density at radius 2 is 1.57 bits per heavy atom. The molecule has 0 aromatic heterocycles. The molecule has 0 atom stereocenters. The van der Waals surface area contributed by atoms with E-state index in [1.165, 1.54) is 0 Å². The highest BCUT2D eigenvalue weighted by Crippen LogP contribution is 2.05. The van der Waals surface area contributed by atoms with Crippen LogP contribution in [-0.4, -0.2) is 18.4 Å². The van der Waals surface area contributed by atoms with E-state index in [0.29, 0.717) is 0 Å². The van der Waals surface area contributed by atoms with Gasteiger partial charge in [0, 0.05) is 5.69 Å². The van der Waals surface area contributed by atoms with Crippen molar-refractivity contribution in [3.8, 4) is 0 Å². The molecule has 0 aliphatic carbocycles. The largest absolute Gasteiger partial charge is 0.347 e. The van der Waals surface area contributed by atoms with Gasteiger partial charge in [0.2, 0.25) is 11.8 Å². The average molecular weight is 282 g/mol. The van der Waals surface area contributed by atoms with Gasteiger partial charge >= 0.3 is 0 Å². The van der Waals surface area contributed by atoms with E-state index in [2.05, 4.69) is 10.6 Å². The van der Waals surface area contributed by atoms with E-state index in [0.717, 1.165) is 16.8 Å². The first-order valence-electron chi connectivity index (χ1n) is 6.80. The molecule has 2 rings (SSSR count). The van der Waals surface area contributed by atoms with E-state index in [1.54, 1.807) is 12.1 Å². The molecule has 0 aliphatic heterocycles. The van der Waals surface area contributed by atoms with Crippen molar-refractivity contribution in [1.82, 2.24) is 5.32 Å². The predicted molar refractivity (Wildman–Crippen MR) is 83.0 cm³/mol. The monoisotopic (exact) mass is 282 g/mol. The summed E-state index contributed by atoms with van der Waals surface area (Å²) in [5.41, 5.74) is 2.80. The fraction of sp³-hybridized carbons (Fsp3) is 0.176. The van der Waals surface area contributed by atoms with Gasteiger partial charge < -0.3 is 10.6 Å². The second-order valence-electron chi connectivity index (χ2n) is 4.85. The topological polar surface area (TPSA) is 58.2 Å². The maximum absolute atomic E-state index is 11.8. The summed E-state index contributed by atoms with van der Waals surface area (Å²) in [6, 6.07) is 16.9. The van der Waals surface area contributed by atoms with Crippen LogP contribution in [0.5, 0.6) is 0 Å². The number of carbonyl (C=O) groups excluding carboxylic acids is 2. The Balaban J connectivity index is 1.76. The van der Waals surface area contributed by atoms with Crippen LogP contribution in [0, 0.1) is 6.92 Å². The number of para-hydroxylation sites is 1. The zero-order chi connectivity index (χ0) is 15.1. The highest BCUT2D eigenvalue weighted by molar-refractivity contribution is 5.94. The number of anilines is 1. The first-order valence-corrected chi connectivity index (χ1v) is 6.80. The summed E-state index contributed by atoms with van der Waals surface area (Å²) in [6.45, 7) is 1.97. The molecular weight excluding hydrogens is 264 g/mol. The minimum absolute atomic E-state index is 0.0282. The lowest BCUT2D eigenvalue weighted by molar-refractivity contribution is -0.123. The smallest absolute Gasteiger partial charge is 0.243 e. The number of carbonyl (C=O) groups is 2. The van der Waals surface area contributed by atoms with E-state index in [-0.39, 0.29) is 24.8 Å². The van der Waals surface area contributed by atoms with Crippen LogP contribution in [-0.2, 0) is 16.0 Å². The lowest BCUT2D eigenvalue weighted by atomic mass is 10.1. The molecule has 2 amide bonds.